The van der Waals surface area contributed by atoms with E-state index in [1.54, 1.807) is 6.21 Å². The van der Waals surface area contributed by atoms with Crippen LogP contribution in [-0.2, 0) is 4.84 Å². The van der Waals surface area contributed by atoms with E-state index in [1.165, 1.54) is 0 Å². The second-order valence-corrected chi connectivity index (χ2v) is 1.26. The number of oxime groups is 1. The standard InChI is InChI=1S/C4H7NO.2C2H6/c1-2-4-6-5-3-1;2*1-2/h3H,1-2,4H2;2*1-2H3. The Morgan fingerprint density at radius 3 is 1.90 bits per heavy atom. The summed E-state index contributed by atoms with van der Waals surface area (Å²) in [7, 11) is 0. The summed E-state index contributed by atoms with van der Waals surface area (Å²) in [4.78, 5) is 4.64. The van der Waals surface area contributed by atoms with Crippen LogP contribution in [0.4, 0.5) is 0 Å². The molecule has 0 saturated heterocycles. The first-order valence-corrected chi connectivity index (χ1v) is 4.14. The van der Waals surface area contributed by atoms with E-state index in [1.807, 2.05) is 27.7 Å². The van der Waals surface area contributed by atoms with Crippen LogP contribution in [0.3, 0.4) is 0 Å². The molecule has 1 rings (SSSR count). The molecule has 1 heterocycles. The SMILES string of the molecule is C1=NOCCC1.CC.CC. The zero-order chi connectivity index (χ0) is 8.24. The van der Waals surface area contributed by atoms with Gasteiger partial charge in [-0.25, -0.2) is 0 Å². The maximum absolute atomic E-state index is 4.64. The quantitative estimate of drug-likeness (QED) is 0.513. The third-order valence-corrected chi connectivity index (χ3v) is 0.718. The van der Waals surface area contributed by atoms with Gasteiger partial charge in [-0.2, -0.15) is 0 Å². The van der Waals surface area contributed by atoms with Crippen molar-refractivity contribution < 1.29 is 4.84 Å². The van der Waals surface area contributed by atoms with Gasteiger partial charge >= 0.3 is 0 Å². The molecule has 0 aromatic heterocycles. The van der Waals surface area contributed by atoms with E-state index in [0.717, 1.165) is 19.4 Å². The minimum Gasteiger partial charge on any atom is -0.396 e. The summed E-state index contributed by atoms with van der Waals surface area (Å²) in [6, 6.07) is 0. The van der Waals surface area contributed by atoms with E-state index in [-0.39, 0.29) is 0 Å². The summed E-state index contributed by atoms with van der Waals surface area (Å²) in [5.41, 5.74) is 0. The van der Waals surface area contributed by atoms with Crippen LogP contribution in [0.5, 0.6) is 0 Å². The van der Waals surface area contributed by atoms with Crippen molar-refractivity contribution in [1.29, 1.82) is 0 Å². The Balaban J connectivity index is 0. The van der Waals surface area contributed by atoms with Gasteiger partial charge in [-0.1, -0.05) is 32.9 Å². The fraction of sp³-hybridized carbons (Fsp3) is 0.875. The van der Waals surface area contributed by atoms with Crippen LogP contribution < -0.4 is 0 Å². The summed E-state index contributed by atoms with van der Waals surface area (Å²) in [5, 5.41) is 3.55. The van der Waals surface area contributed by atoms with Crippen LogP contribution in [0, 0.1) is 0 Å². The fourth-order valence-corrected chi connectivity index (χ4v) is 0.397. The lowest BCUT2D eigenvalue weighted by molar-refractivity contribution is 0.134. The molecule has 62 valence electrons. The van der Waals surface area contributed by atoms with Gasteiger partial charge in [-0.3, -0.25) is 0 Å². The molecule has 10 heavy (non-hydrogen) atoms. The summed E-state index contributed by atoms with van der Waals surface area (Å²) in [6.45, 7) is 8.80. The molecule has 0 N–H and O–H groups in total. The van der Waals surface area contributed by atoms with E-state index in [4.69, 9.17) is 0 Å². The average Bonchev–Trinajstić information content (AvgIpc) is 2.14. The van der Waals surface area contributed by atoms with Gasteiger partial charge in [0.05, 0.1) is 0 Å². The largest absolute Gasteiger partial charge is 0.396 e. The molecule has 2 nitrogen and oxygen atoms in total. The first kappa shape index (κ1) is 12.2. The van der Waals surface area contributed by atoms with Crippen LogP contribution in [-0.4, -0.2) is 12.8 Å². The molecule has 0 aromatic rings. The predicted octanol–water partition coefficient (Wildman–Crippen LogP) is 2.84. The summed E-state index contributed by atoms with van der Waals surface area (Å²) < 4.78 is 0. The zero-order valence-electron chi connectivity index (χ0n) is 7.55. The van der Waals surface area contributed by atoms with Crippen LogP contribution in [0.2, 0.25) is 0 Å². The monoisotopic (exact) mass is 145 g/mol. The van der Waals surface area contributed by atoms with Crippen LogP contribution in [0.1, 0.15) is 40.5 Å². The molecular formula is C8H19NO. The molecule has 0 aliphatic carbocycles. The van der Waals surface area contributed by atoms with Gasteiger partial charge in [0.25, 0.3) is 0 Å². The predicted molar refractivity (Wildman–Crippen MR) is 46.4 cm³/mol. The molecule has 0 saturated carbocycles. The van der Waals surface area contributed by atoms with Crippen molar-refractivity contribution in [3.8, 4) is 0 Å². The topological polar surface area (TPSA) is 21.6 Å². The number of rotatable bonds is 0. The van der Waals surface area contributed by atoms with Crippen molar-refractivity contribution >= 4 is 6.21 Å². The molecule has 0 atom stereocenters. The second kappa shape index (κ2) is 15.8. The molecule has 2 heteroatoms. The fourth-order valence-electron chi connectivity index (χ4n) is 0.397. The second-order valence-electron chi connectivity index (χ2n) is 1.26. The van der Waals surface area contributed by atoms with Crippen molar-refractivity contribution in [2.24, 2.45) is 5.16 Å². The summed E-state index contributed by atoms with van der Waals surface area (Å²) in [6.07, 6.45) is 4.01. The highest BCUT2D eigenvalue weighted by Crippen LogP contribution is 1.92. The molecular weight excluding hydrogens is 126 g/mol. The lowest BCUT2D eigenvalue weighted by atomic mass is 10.3. The third kappa shape index (κ3) is 10.5. The summed E-state index contributed by atoms with van der Waals surface area (Å²) in [5.74, 6) is 0. The Bertz CT molecular complexity index is 54.3. The molecule has 1 aliphatic heterocycles. The third-order valence-electron chi connectivity index (χ3n) is 0.718. The van der Waals surface area contributed by atoms with Gasteiger partial charge in [0.1, 0.15) is 6.61 Å². The number of hydrogen-bond acceptors (Lipinski definition) is 2. The van der Waals surface area contributed by atoms with Crippen molar-refractivity contribution in [3.63, 3.8) is 0 Å². The van der Waals surface area contributed by atoms with Crippen molar-refractivity contribution in [2.45, 2.75) is 40.5 Å². The minimum atomic E-state index is 0.802. The van der Waals surface area contributed by atoms with Crippen molar-refractivity contribution in [1.82, 2.24) is 0 Å². The highest BCUT2D eigenvalue weighted by Gasteiger charge is 1.88. The average molecular weight is 145 g/mol. The van der Waals surface area contributed by atoms with Crippen LogP contribution in [0.15, 0.2) is 5.16 Å². The maximum atomic E-state index is 4.64. The first-order chi connectivity index (χ1) is 5.00. The highest BCUT2D eigenvalue weighted by atomic mass is 16.6. The lowest BCUT2D eigenvalue weighted by Gasteiger charge is -1.99. The summed E-state index contributed by atoms with van der Waals surface area (Å²) >= 11 is 0. The Hall–Kier alpha value is -0.530. The van der Waals surface area contributed by atoms with Gasteiger partial charge in [0.2, 0.25) is 0 Å². The molecule has 0 spiro atoms. The van der Waals surface area contributed by atoms with E-state index in [0.29, 0.717) is 0 Å². The van der Waals surface area contributed by atoms with Gasteiger partial charge < -0.3 is 4.84 Å². The van der Waals surface area contributed by atoms with Crippen molar-refractivity contribution in [2.75, 3.05) is 6.61 Å². The maximum Gasteiger partial charge on any atom is 0.117 e. The van der Waals surface area contributed by atoms with Crippen molar-refractivity contribution in [3.05, 3.63) is 0 Å². The van der Waals surface area contributed by atoms with E-state index >= 15 is 0 Å². The lowest BCUT2D eigenvalue weighted by Crippen LogP contribution is -1.94. The molecule has 0 aromatic carbocycles. The Labute approximate surface area is 64.3 Å². The minimum absolute atomic E-state index is 0.802. The molecule has 1 aliphatic rings. The molecule has 0 amide bonds. The van der Waals surface area contributed by atoms with Gasteiger partial charge in [-0.05, 0) is 12.8 Å². The van der Waals surface area contributed by atoms with Crippen LogP contribution in [0.25, 0.3) is 0 Å². The molecule has 0 bridgehead atoms. The number of hydrogen-bond donors (Lipinski definition) is 0. The zero-order valence-corrected chi connectivity index (χ0v) is 7.55. The van der Waals surface area contributed by atoms with Crippen LogP contribution >= 0.6 is 0 Å². The van der Waals surface area contributed by atoms with Gasteiger partial charge in [-0.15, -0.1) is 0 Å². The van der Waals surface area contributed by atoms with Gasteiger partial charge in [0, 0.05) is 6.21 Å². The normalized spacial score (nSPS) is 13.2. The van der Waals surface area contributed by atoms with Gasteiger partial charge in [0.15, 0.2) is 0 Å². The van der Waals surface area contributed by atoms with E-state index in [9.17, 15) is 0 Å². The highest BCUT2D eigenvalue weighted by molar-refractivity contribution is 5.56. The Kier molecular flexibility index (Phi) is 19.2. The molecule has 0 unspecified atom stereocenters. The number of nitrogens with zero attached hydrogens (tertiary/aromatic N) is 1. The Morgan fingerprint density at radius 2 is 1.80 bits per heavy atom. The van der Waals surface area contributed by atoms with E-state index in [2.05, 4.69) is 9.99 Å². The van der Waals surface area contributed by atoms with E-state index < -0.39 is 0 Å². The Morgan fingerprint density at radius 1 is 1.20 bits per heavy atom. The smallest absolute Gasteiger partial charge is 0.117 e. The molecule has 0 radical (unpaired) electrons. The molecule has 0 fully saturated rings. The first-order valence-electron chi connectivity index (χ1n) is 4.14.